The number of hydrogen-bond acceptors (Lipinski definition) is 5. The molecule has 33 heavy (non-hydrogen) atoms. The molecule has 0 aliphatic heterocycles. The first-order valence-electron chi connectivity index (χ1n) is 10.7. The lowest BCUT2D eigenvalue weighted by molar-refractivity contribution is -0.115. The van der Waals surface area contributed by atoms with E-state index in [0.717, 1.165) is 11.1 Å². The second kappa shape index (κ2) is 12.0. The Morgan fingerprint density at radius 3 is 2.36 bits per heavy atom. The van der Waals surface area contributed by atoms with E-state index in [1.807, 2.05) is 49.5 Å². The Kier molecular flexibility index (Phi) is 9.62. The Bertz CT molecular complexity index is 1050. The van der Waals surface area contributed by atoms with Crippen molar-refractivity contribution >= 4 is 41.9 Å². The van der Waals surface area contributed by atoms with Crippen molar-refractivity contribution in [3.8, 4) is 0 Å². The molecule has 0 aromatic carbocycles. The molecule has 0 fully saturated rings. The van der Waals surface area contributed by atoms with Crippen molar-refractivity contribution < 1.29 is 4.79 Å². The van der Waals surface area contributed by atoms with Gasteiger partial charge in [-0.2, -0.15) is 12.6 Å². The molecule has 1 amide bonds. The molecule has 1 aromatic heterocycles. The zero-order valence-electron chi connectivity index (χ0n) is 19.6. The highest BCUT2D eigenvalue weighted by molar-refractivity contribution is 7.90. The van der Waals surface area contributed by atoms with Crippen molar-refractivity contribution in [1.29, 1.82) is 0 Å². The second-order valence-corrected chi connectivity index (χ2v) is 10.2. The van der Waals surface area contributed by atoms with Crippen LogP contribution < -0.4 is 11.1 Å². The molecule has 1 atom stereocenters. The van der Waals surface area contributed by atoms with E-state index in [9.17, 15) is 4.79 Å². The van der Waals surface area contributed by atoms with Crippen LogP contribution >= 0.6 is 25.3 Å². The summed E-state index contributed by atoms with van der Waals surface area (Å²) in [4.78, 5) is 17.1. The van der Waals surface area contributed by atoms with Crippen molar-refractivity contribution in [2.75, 3.05) is 5.32 Å². The summed E-state index contributed by atoms with van der Waals surface area (Å²) < 4.78 is -0.306. The van der Waals surface area contributed by atoms with Gasteiger partial charge in [-0.25, -0.2) is 4.98 Å². The second-order valence-electron chi connectivity index (χ2n) is 8.77. The highest BCUT2D eigenvalue weighted by Gasteiger charge is 2.13. The van der Waals surface area contributed by atoms with Crippen LogP contribution in [0.25, 0.3) is 4.91 Å². The van der Waals surface area contributed by atoms with Crippen LogP contribution in [-0.2, 0) is 4.79 Å². The maximum absolute atomic E-state index is 12.2. The van der Waals surface area contributed by atoms with E-state index < -0.39 is 0 Å². The number of thiol groups is 2. The Morgan fingerprint density at radius 1 is 1.06 bits per heavy atom. The summed E-state index contributed by atoms with van der Waals surface area (Å²) in [5.74, 6) is 0.332. The number of pyridine rings is 1. The van der Waals surface area contributed by atoms with E-state index in [1.165, 1.54) is 0 Å². The first-order valence-corrected chi connectivity index (χ1v) is 11.6. The van der Waals surface area contributed by atoms with Gasteiger partial charge in [-0.15, -0.1) is 12.6 Å². The van der Waals surface area contributed by atoms with Crippen molar-refractivity contribution in [3.63, 3.8) is 0 Å². The number of allylic oxidation sites excluding steroid dienone is 10. The topological polar surface area (TPSA) is 68.0 Å². The number of rotatable bonds is 4. The number of amides is 1. The fraction of sp³-hybridized carbons (Fsp3) is 0.259. The van der Waals surface area contributed by atoms with E-state index >= 15 is 0 Å². The number of nitrogens with two attached hydrogens (primary N) is 1. The lowest BCUT2D eigenvalue weighted by atomic mass is 9.93. The molecule has 1 aromatic rings. The molecular formula is C27H33N3OS2. The van der Waals surface area contributed by atoms with Crippen molar-refractivity contribution in [3.05, 3.63) is 102 Å². The van der Waals surface area contributed by atoms with Crippen LogP contribution in [0.1, 0.15) is 39.7 Å². The summed E-state index contributed by atoms with van der Waals surface area (Å²) in [6.45, 7) is 8.13. The van der Waals surface area contributed by atoms with E-state index in [0.29, 0.717) is 16.4 Å². The van der Waals surface area contributed by atoms with Crippen molar-refractivity contribution in [2.24, 2.45) is 11.1 Å². The van der Waals surface area contributed by atoms with Crippen LogP contribution in [-0.4, -0.2) is 15.6 Å². The molecule has 174 valence electrons. The Labute approximate surface area is 208 Å². The number of nitrogens with one attached hydrogen (secondary N) is 1. The Morgan fingerprint density at radius 2 is 1.73 bits per heavy atom. The molecule has 3 N–H and O–H groups in total. The number of carbonyl (C=O) groups is 1. The highest BCUT2D eigenvalue weighted by Crippen LogP contribution is 2.24. The molecule has 2 aliphatic carbocycles. The van der Waals surface area contributed by atoms with E-state index in [4.69, 9.17) is 5.73 Å². The SMILES string of the molecule is C/C(N)=C(/S)c1ccnc(NC(=O)CC2=CC=CC(C)(S)C=C2)c1.CC1(C)C=CC=CC=C1. The van der Waals surface area contributed by atoms with Crippen LogP contribution in [0, 0.1) is 5.41 Å². The largest absolute Gasteiger partial charge is 0.401 e. The maximum Gasteiger partial charge on any atom is 0.229 e. The third-order valence-corrected chi connectivity index (χ3v) is 5.71. The number of carbonyl (C=O) groups excluding carboxylic acids is 1. The standard InChI is InChI=1S/C18H21N3OS2.C9H12/c1-12(19)17(23)14-6-9-20-15(11-14)21-16(22)10-13-4-3-7-18(2,24)8-5-13;1-9(2)7-5-3-4-6-8-9/h3-9,11,23-24H,10,19H2,1-2H3,(H,20,21,22);3-8H,1-2H3/b17-12-;. The molecule has 6 heteroatoms. The molecule has 0 bridgehead atoms. The Balaban J connectivity index is 0.000000357. The molecule has 1 unspecified atom stereocenters. The van der Waals surface area contributed by atoms with Gasteiger partial charge in [-0.1, -0.05) is 80.7 Å². The fourth-order valence-electron chi connectivity index (χ4n) is 2.91. The predicted octanol–water partition coefficient (Wildman–Crippen LogP) is 6.42. The average molecular weight is 480 g/mol. The van der Waals surface area contributed by atoms with Gasteiger partial charge >= 0.3 is 0 Å². The molecule has 0 saturated carbocycles. The van der Waals surface area contributed by atoms with E-state index in [-0.39, 0.29) is 22.5 Å². The fourth-order valence-corrected chi connectivity index (χ4v) is 3.21. The molecule has 2 aliphatic rings. The lowest BCUT2D eigenvalue weighted by Gasteiger charge is -2.11. The normalized spacial score (nSPS) is 21.2. The molecule has 3 rings (SSSR count). The van der Waals surface area contributed by atoms with Crippen LogP contribution in [0.3, 0.4) is 0 Å². The molecule has 0 radical (unpaired) electrons. The summed E-state index contributed by atoms with van der Waals surface area (Å²) in [5, 5.41) is 2.80. The van der Waals surface area contributed by atoms with Gasteiger partial charge in [-0.05, 0) is 37.1 Å². The van der Waals surface area contributed by atoms with E-state index in [2.05, 4.69) is 73.7 Å². The minimum absolute atomic E-state index is 0.138. The van der Waals surface area contributed by atoms with Crippen LogP contribution in [0.15, 0.2) is 96.4 Å². The average Bonchev–Trinajstić information content (AvgIpc) is 3.04. The highest BCUT2D eigenvalue weighted by atomic mass is 32.1. The Hall–Kier alpha value is -2.70. The molecule has 4 nitrogen and oxygen atoms in total. The number of hydrogen-bond donors (Lipinski definition) is 4. The minimum Gasteiger partial charge on any atom is -0.401 e. The quantitative estimate of drug-likeness (QED) is 0.377. The first kappa shape index (κ1) is 26.6. The zero-order valence-corrected chi connectivity index (χ0v) is 21.4. The van der Waals surface area contributed by atoms with Crippen molar-refractivity contribution in [1.82, 2.24) is 4.98 Å². The monoisotopic (exact) mass is 479 g/mol. The molecule has 0 saturated heterocycles. The summed E-state index contributed by atoms with van der Waals surface area (Å²) in [6.07, 6.45) is 24.2. The van der Waals surface area contributed by atoms with Crippen LogP contribution in [0.2, 0.25) is 0 Å². The van der Waals surface area contributed by atoms with Gasteiger partial charge in [0.05, 0.1) is 6.42 Å². The summed E-state index contributed by atoms with van der Waals surface area (Å²) >= 11 is 8.87. The molecule has 0 spiro atoms. The third-order valence-electron chi connectivity index (χ3n) is 4.80. The summed E-state index contributed by atoms with van der Waals surface area (Å²) in [5.41, 5.74) is 8.31. The summed E-state index contributed by atoms with van der Waals surface area (Å²) in [6, 6.07) is 3.54. The maximum atomic E-state index is 12.2. The van der Waals surface area contributed by atoms with Gasteiger partial charge in [0.2, 0.25) is 5.91 Å². The van der Waals surface area contributed by atoms with Gasteiger partial charge in [-0.3, -0.25) is 4.79 Å². The van der Waals surface area contributed by atoms with Crippen molar-refractivity contribution in [2.45, 2.75) is 38.9 Å². The number of nitrogens with zero attached hydrogens (tertiary/aromatic N) is 1. The number of aromatic nitrogens is 1. The predicted molar refractivity (Wildman–Crippen MR) is 148 cm³/mol. The lowest BCUT2D eigenvalue weighted by Crippen LogP contribution is -2.13. The van der Waals surface area contributed by atoms with Gasteiger partial charge in [0.25, 0.3) is 0 Å². The first-order chi connectivity index (χ1) is 15.5. The van der Waals surface area contributed by atoms with Gasteiger partial charge in [0.15, 0.2) is 0 Å². The summed E-state index contributed by atoms with van der Waals surface area (Å²) in [7, 11) is 0. The molecular weight excluding hydrogens is 446 g/mol. The van der Waals surface area contributed by atoms with Gasteiger partial charge in [0.1, 0.15) is 5.82 Å². The van der Waals surface area contributed by atoms with Gasteiger partial charge < -0.3 is 11.1 Å². The number of anilines is 1. The van der Waals surface area contributed by atoms with Gasteiger partial charge in [0, 0.05) is 27.0 Å². The third kappa shape index (κ3) is 9.76. The van der Waals surface area contributed by atoms with Crippen LogP contribution in [0.5, 0.6) is 0 Å². The van der Waals surface area contributed by atoms with Crippen LogP contribution in [0.4, 0.5) is 5.82 Å². The van der Waals surface area contributed by atoms with E-state index in [1.54, 1.807) is 25.3 Å². The minimum atomic E-state index is -0.306. The smallest absolute Gasteiger partial charge is 0.229 e. The zero-order chi connectivity index (χ0) is 24.5. The molecule has 1 heterocycles.